The molecule has 0 amide bonds. The van der Waals surface area contributed by atoms with Crippen molar-refractivity contribution < 1.29 is 22.9 Å². The van der Waals surface area contributed by atoms with Gasteiger partial charge in [-0.1, -0.05) is 66.7 Å². The molecule has 0 saturated heterocycles. The quantitative estimate of drug-likeness (QED) is 0.449. The third kappa shape index (κ3) is 5.97. The van der Waals surface area contributed by atoms with Gasteiger partial charge in [-0.2, -0.15) is 0 Å². The summed E-state index contributed by atoms with van der Waals surface area (Å²) in [5.74, 6) is 0.934. The summed E-state index contributed by atoms with van der Waals surface area (Å²) >= 11 is 0. The minimum absolute atomic E-state index is 0.108. The van der Waals surface area contributed by atoms with E-state index < -0.39 is 7.82 Å². The molecule has 6 heteroatoms. The molecule has 0 aromatic heterocycles. The van der Waals surface area contributed by atoms with Crippen LogP contribution in [0.3, 0.4) is 0 Å². The molecule has 0 radical (unpaired) electrons. The lowest BCUT2D eigenvalue weighted by Crippen LogP contribution is -2.03. The van der Waals surface area contributed by atoms with Crippen molar-refractivity contribution in [2.45, 2.75) is 13.2 Å². The largest absolute Gasteiger partial charge is 0.530 e. The first-order valence-corrected chi connectivity index (χ1v) is 9.93. The monoisotopic (exact) mass is 384 g/mol. The van der Waals surface area contributed by atoms with Crippen LogP contribution in [-0.4, -0.2) is 7.11 Å². The second kappa shape index (κ2) is 9.38. The van der Waals surface area contributed by atoms with Gasteiger partial charge in [0.1, 0.15) is 11.5 Å². The van der Waals surface area contributed by atoms with Crippen molar-refractivity contribution >= 4 is 7.82 Å². The fourth-order valence-corrected chi connectivity index (χ4v) is 3.50. The summed E-state index contributed by atoms with van der Waals surface area (Å²) < 4.78 is 35.2. The van der Waals surface area contributed by atoms with E-state index in [9.17, 15) is 4.57 Å². The molecule has 0 bridgehead atoms. The summed E-state index contributed by atoms with van der Waals surface area (Å²) in [5, 5.41) is 0. The van der Waals surface area contributed by atoms with Crippen LogP contribution in [0.4, 0.5) is 0 Å². The maximum Gasteiger partial charge on any atom is 0.530 e. The first-order valence-electron chi connectivity index (χ1n) is 8.47. The zero-order valence-electron chi connectivity index (χ0n) is 15.0. The molecule has 3 aromatic rings. The molecule has 27 heavy (non-hydrogen) atoms. The van der Waals surface area contributed by atoms with E-state index in [1.807, 2.05) is 60.7 Å². The van der Waals surface area contributed by atoms with E-state index in [4.69, 9.17) is 18.3 Å². The third-order valence-electron chi connectivity index (χ3n) is 3.72. The number of hydrogen-bond acceptors (Lipinski definition) is 5. The van der Waals surface area contributed by atoms with Gasteiger partial charge in [-0.25, -0.2) is 4.57 Å². The molecule has 0 spiro atoms. The Bertz CT molecular complexity index is 836. The summed E-state index contributed by atoms with van der Waals surface area (Å²) in [4.78, 5) is 0. The molecule has 140 valence electrons. The van der Waals surface area contributed by atoms with Crippen LogP contribution in [0.25, 0.3) is 0 Å². The summed E-state index contributed by atoms with van der Waals surface area (Å²) in [6, 6.07) is 25.7. The fourth-order valence-electron chi connectivity index (χ4n) is 2.33. The predicted molar refractivity (Wildman–Crippen MR) is 104 cm³/mol. The summed E-state index contributed by atoms with van der Waals surface area (Å²) in [5.41, 5.74) is 1.74. The van der Waals surface area contributed by atoms with Crippen LogP contribution < -0.4 is 9.26 Å². The molecule has 0 unspecified atom stereocenters. The average Bonchev–Trinajstić information content (AvgIpc) is 2.73. The maximum absolute atomic E-state index is 13.2. The van der Waals surface area contributed by atoms with Crippen LogP contribution in [0.1, 0.15) is 11.1 Å². The molecule has 0 atom stereocenters. The van der Waals surface area contributed by atoms with E-state index in [2.05, 4.69) is 0 Å². The van der Waals surface area contributed by atoms with Crippen LogP contribution in [0, 0.1) is 0 Å². The number of rotatable bonds is 9. The number of phosphoric ester groups is 1. The summed E-state index contributed by atoms with van der Waals surface area (Å²) in [7, 11) is -2.31. The van der Waals surface area contributed by atoms with Crippen LogP contribution >= 0.6 is 7.82 Å². The predicted octanol–water partition coefficient (Wildman–Crippen LogP) is 5.62. The van der Waals surface area contributed by atoms with Crippen molar-refractivity contribution in [3.8, 4) is 11.5 Å². The molecule has 3 rings (SSSR count). The molecule has 0 saturated carbocycles. The molecular formula is C21H21O5P. The highest BCUT2D eigenvalue weighted by molar-refractivity contribution is 7.48. The van der Waals surface area contributed by atoms with E-state index >= 15 is 0 Å². The maximum atomic E-state index is 13.2. The van der Waals surface area contributed by atoms with E-state index in [0.29, 0.717) is 11.5 Å². The number of methoxy groups -OCH3 is 1. The Balaban J connectivity index is 1.74. The molecule has 0 fully saturated rings. The first-order chi connectivity index (χ1) is 13.2. The van der Waals surface area contributed by atoms with Gasteiger partial charge >= 0.3 is 7.82 Å². The van der Waals surface area contributed by atoms with Crippen molar-refractivity contribution in [1.82, 2.24) is 0 Å². The molecule has 5 nitrogen and oxygen atoms in total. The van der Waals surface area contributed by atoms with Gasteiger partial charge in [0.25, 0.3) is 0 Å². The molecule has 0 heterocycles. The van der Waals surface area contributed by atoms with E-state index in [1.54, 1.807) is 31.4 Å². The Labute approximate surface area is 159 Å². The van der Waals surface area contributed by atoms with Crippen LogP contribution in [0.5, 0.6) is 11.5 Å². The standard InChI is InChI=1S/C21H21O5P/c1-23-20-13-8-14-21(15-20)26-27(22,24-16-18-9-4-2-5-10-18)25-17-19-11-6-3-7-12-19/h2-15H,16-17H2,1H3. The van der Waals surface area contributed by atoms with Gasteiger partial charge in [-0.3, -0.25) is 9.05 Å². The second-order valence-corrected chi connectivity index (χ2v) is 7.33. The zero-order valence-corrected chi connectivity index (χ0v) is 15.9. The highest BCUT2D eigenvalue weighted by atomic mass is 31.2. The highest BCUT2D eigenvalue weighted by Crippen LogP contribution is 2.51. The Morgan fingerprint density at radius 2 is 1.22 bits per heavy atom. The molecule has 0 aliphatic rings. The normalized spacial score (nSPS) is 11.1. The van der Waals surface area contributed by atoms with Gasteiger partial charge in [-0.15, -0.1) is 0 Å². The van der Waals surface area contributed by atoms with Crippen molar-refractivity contribution in [2.75, 3.05) is 7.11 Å². The Morgan fingerprint density at radius 1 is 0.704 bits per heavy atom. The molecule has 0 aliphatic carbocycles. The first kappa shape index (κ1) is 19.2. The van der Waals surface area contributed by atoms with Gasteiger partial charge in [0.2, 0.25) is 0 Å². The lowest BCUT2D eigenvalue weighted by molar-refractivity contribution is 0.143. The van der Waals surface area contributed by atoms with Crippen molar-refractivity contribution in [3.05, 3.63) is 96.1 Å². The van der Waals surface area contributed by atoms with Gasteiger partial charge in [0.05, 0.1) is 20.3 Å². The summed E-state index contributed by atoms with van der Waals surface area (Å²) in [6.07, 6.45) is 0. The van der Waals surface area contributed by atoms with E-state index in [-0.39, 0.29) is 13.2 Å². The van der Waals surface area contributed by atoms with Crippen LogP contribution in [0.15, 0.2) is 84.9 Å². The van der Waals surface area contributed by atoms with Gasteiger partial charge < -0.3 is 9.26 Å². The fraction of sp³-hybridized carbons (Fsp3) is 0.143. The SMILES string of the molecule is COc1cccc(OP(=O)(OCc2ccccc2)OCc2ccccc2)c1. The van der Waals surface area contributed by atoms with Crippen molar-refractivity contribution in [1.29, 1.82) is 0 Å². The number of ether oxygens (including phenoxy) is 1. The van der Waals surface area contributed by atoms with E-state index in [0.717, 1.165) is 11.1 Å². The van der Waals surface area contributed by atoms with Gasteiger partial charge in [0, 0.05) is 6.07 Å². The number of benzene rings is 3. The molecule has 0 N–H and O–H groups in total. The zero-order chi connectivity index (χ0) is 19.0. The van der Waals surface area contributed by atoms with E-state index in [1.165, 1.54) is 0 Å². The average molecular weight is 384 g/mol. The minimum Gasteiger partial charge on any atom is -0.497 e. The second-order valence-electron chi connectivity index (χ2n) is 5.74. The highest BCUT2D eigenvalue weighted by Gasteiger charge is 2.29. The Kier molecular flexibility index (Phi) is 6.66. The molecular weight excluding hydrogens is 363 g/mol. The Hall–Kier alpha value is -2.59. The number of phosphoric acid groups is 1. The smallest absolute Gasteiger partial charge is 0.497 e. The van der Waals surface area contributed by atoms with Crippen molar-refractivity contribution in [3.63, 3.8) is 0 Å². The van der Waals surface area contributed by atoms with Gasteiger partial charge in [0.15, 0.2) is 0 Å². The number of hydrogen-bond donors (Lipinski definition) is 0. The van der Waals surface area contributed by atoms with Crippen LogP contribution in [0.2, 0.25) is 0 Å². The topological polar surface area (TPSA) is 54.0 Å². The molecule has 3 aromatic carbocycles. The molecule has 0 aliphatic heterocycles. The van der Waals surface area contributed by atoms with Gasteiger partial charge in [-0.05, 0) is 23.3 Å². The Morgan fingerprint density at radius 3 is 1.74 bits per heavy atom. The summed E-state index contributed by atoms with van der Waals surface area (Å²) in [6.45, 7) is 0.216. The third-order valence-corrected chi connectivity index (χ3v) is 5.05. The van der Waals surface area contributed by atoms with Crippen LogP contribution in [-0.2, 0) is 26.8 Å². The van der Waals surface area contributed by atoms with Crippen molar-refractivity contribution in [2.24, 2.45) is 0 Å². The lowest BCUT2D eigenvalue weighted by Gasteiger charge is -2.19. The lowest BCUT2D eigenvalue weighted by atomic mass is 10.2. The minimum atomic E-state index is -3.86.